The maximum Gasteiger partial charge on any atom is 0.166 e. The van der Waals surface area contributed by atoms with Crippen LogP contribution in [0.15, 0.2) is 23.4 Å². The number of ether oxygens (including phenoxy) is 1. The SMILES string of the molecule is CCNC1CCOCC1Sc1nc2ccc(C)cc2[nH]1. The van der Waals surface area contributed by atoms with Crippen molar-refractivity contribution in [3.63, 3.8) is 0 Å². The molecule has 5 heteroatoms. The average Bonchev–Trinajstić information content (AvgIpc) is 2.82. The minimum Gasteiger partial charge on any atom is -0.380 e. The van der Waals surface area contributed by atoms with Crippen LogP contribution in [0, 0.1) is 6.92 Å². The first-order valence-corrected chi connectivity index (χ1v) is 8.08. The molecule has 0 saturated carbocycles. The highest BCUT2D eigenvalue weighted by molar-refractivity contribution is 7.99. The molecule has 0 spiro atoms. The monoisotopic (exact) mass is 291 g/mol. The van der Waals surface area contributed by atoms with Crippen LogP contribution >= 0.6 is 11.8 Å². The highest BCUT2D eigenvalue weighted by Crippen LogP contribution is 2.28. The summed E-state index contributed by atoms with van der Waals surface area (Å²) in [7, 11) is 0. The Bertz CT molecular complexity index is 582. The van der Waals surface area contributed by atoms with Gasteiger partial charge in [-0.25, -0.2) is 4.98 Å². The summed E-state index contributed by atoms with van der Waals surface area (Å²) in [5.41, 5.74) is 3.41. The molecule has 2 unspecified atom stereocenters. The van der Waals surface area contributed by atoms with Gasteiger partial charge in [0.15, 0.2) is 5.16 Å². The van der Waals surface area contributed by atoms with Gasteiger partial charge in [0, 0.05) is 12.6 Å². The van der Waals surface area contributed by atoms with Crippen molar-refractivity contribution in [3.8, 4) is 0 Å². The summed E-state index contributed by atoms with van der Waals surface area (Å²) in [4.78, 5) is 8.08. The second kappa shape index (κ2) is 6.16. The standard InChI is InChI=1S/C15H21N3OS/c1-3-16-12-6-7-19-9-14(12)20-15-17-11-5-4-10(2)8-13(11)18-15/h4-5,8,12,14,16H,3,6-7,9H2,1-2H3,(H,17,18). The number of imidazole rings is 1. The smallest absolute Gasteiger partial charge is 0.166 e. The summed E-state index contributed by atoms with van der Waals surface area (Å²) in [5, 5.41) is 4.97. The molecule has 3 rings (SSSR count). The first-order chi connectivity index (χ1) is 9.76. The number of rotatable bonds is 4. The molecule has 1 aromatic heterocycles. The Labute approximate surface area is 123 Å². The van der Waals surface area contributed by atoms with Crippen LogP contribution in [0.4, 0.5) is 0 Å². The molecule has 0 radical (unpaired) electrons. The fourth-order valence-corrected chi connectivity index (χ4v) is 3.79. The molecule has 2 N–H and O–H groups in total. The molecule has 2 aromatic rings. The van der Waals surface area contributed by atoms with E-state index < -0.39 is 0 Å². The van der Waals surface area contributed by atoms with Crippen molar-refractivity contribution in [1.29, 1.82) is 0 Å². The molecular weight excluding hydrogens is 270 g/mol. The molecule has 2 atom stereocenters. The Kier molecular flexibility index (Phi) is 4.29. The molecule has 108 valence electrons. The number of aryl methyl sites for hydroxylation is 1. The number of H-pyrrole nitrogens is 1. The fraction of sp³-hybridized carbons (Fsp3) is 0.533. The first-order valence-electron chi connectivity index (χ1n) is 7.20. The molecule has 1 aliphatic rings. The predicted octanol–water partition coefficient (Wildman–Crippen LogP) is 2.73. The van der Waals surface area contributed by atoms with Gasteiger partial charge in [0.05, 0.1) is 22.9 Å². The van der Waals surface area contributed by atoms with Crippen molar-refractivity contribution in [3.05, 3.63) is 23.8 Å². The van der Waals surface area contributed by atoms with E-state index in [0.29, 0.717) is 11.3 Å². The van der Waals surface area contributed by atoms with Crippen molar-refractivity contribution in [2.45, 2.75) is 36.7 Å². The summed E-state index contributed by atoms with van der Waals surface area (Å²) in [6.07, 6.45) is 1.07. The predicted molar refractivity (Wildman–Crippen MR) is 83.4 cm³/mol. The maximum atomic E-state index is 5.62. The third kappa shape index (κ3) is 3.00. The number of aromatic amines is 1. The maximum absolute atomic E-state index is 5.62. The second-order valence-corrected chi connectivity index (χ2v) is 6.47. The van der Waals surface area contributed by atoms with Gasteiger partial charge in [0.2, 0.25) is 0 Å². The highest BCUT2D eigenvalue weighted by Gasteiger charge is 2.26. The third-order valence-corrected chi connectivity index (χ3v) is 4.83. The number of hydrogen-bond donors (Lipinski definition) is 2. The van der Waals surface area contributed by atoms with Crippen LogP contribution in [-0.2, 0) is 4.74 Å². The molecule has 0 amide bonds. The summed E-state index contributed by atoms with van der Waals surface area (Å²) in [6.45, 7) is 6.90. The Morgan fingerprint density at radius 2 is 2.40 bits per heavy atom. The zero-order valence-electron chi connectivity index (χ0n) is 12.0. The number of benzene rings is 1. The van der Waals surface area contributed by atoms with E-state index in [-0.39, 0.29) is 0 Å². The van der Waals surface area contributed by atoms with E-state index in [4.69, 9.17) is 4.74 Å². The van der Waals surface area contributed by atoms with Crippen LogP contribution in [0.3, 0.4) is 0 Å². The molecule has 4 nitrogen and oxygen atoms in total. The van der Waals surface area contributed by atoms with E-state index in [9.17, 15) is 0 Å². The topological polar surface area (TPSA) is 49.9 Å². The van der Waals surface area contributed by atoms with Crippen LogP contribution in [0.5, 0.6) is 0 Å². The minimum atomic E-state index is 0.422. The van der Waals surface area contributed by atoms with Gasteiger partial charge < -0.3 is 15.0 Å². The van der Waals surface area contributed by atoms with Crippen LogP contribution in [-0.4, -0.2) is 41.0 Å². The summed E-state index contributed by atoms with van der Waals surface area (Å²) in [5.74, 6) is 0. The third-order valence-electron chi connectivity index (χ3n) is 3.65. The normalized spacial score (nSPS) is 23.3. The van der Waals surface area contributed by atoms with E-state index in [1.54, 1.807) is 11.8 Å². The van der Waals surface area contributed by atoms with Crippen LogP contribution < -0.4 is 5.32 Å². The number of aromatic nitrogens is 2. The number of thioether (sulfide) groups is 1. The lowest BCUT2D eigenvalue weighted by Gasteiger charge is -2.30. The Balaban J connectivity index is 1.77. The van der Waals surface area contributed by atoms with Crippen molar-refractivity contribution >= 4 is 22.8 Å². The van der Waals surface area contributed by atoms with E-state index in [1.807, 2.05) is 0 Å². The lowest BCUT2D eigenvalue weighted by atomic mass is 10.1. The van der Waals surface area contributed by atoms with Gasteiger partial charge in [-0.1, -0.05) is 24.8 Å². The summed E-state index contributed by atoms with van der Waals surface area (Å²) >= 11 is 1.79. The van der Waals surface area contributed by atoms with Crippen LogP contribution in [0.1, 0.15) is 18.9 Å². The number of nitrogens with zero attached hydrogens (tertiary/aromatic N) is 1. The van der Waals surface area contributed by atoms with Crippen molar-refractivity contribution < 1.29 is 4.74 Å². The number of hydrogen-bond acceptors (Lipinski definition) is 4. The molecular formula is C15H21N3OS. The largest absolute Gasteiger partial charge is 0.380 e. The van der Waals surface area contributed by atoms with Crippen molar-refractivity contribution in [1.82, 2.24) is 15.3 Å². The van der Waals surface area contributed by atoms with Crippen molar-refractivity contribution in [2.75, 3.05) is 19.8 Å². The molecule has 2 heterocycles. The Hall–Kier alpha value is -1.04. The molecule has 1 aromatic carbocycles. The van der Waals surface area contributed by atoms with Crippen molar-refractivity contribution in [2.24, 2.45) is 0 Å². The highest BCUT2D eigenvalue weighted by atomic mass is 32.2. The van der Waals surface area contributed by atoms with Gasteiger partial charge in [0.1, 0.15) is 0 Å². The molecule has 0 aliphatic carbocycles. The van der Waals surface area contributed by atoms with Gasteiger partial charge in [-0.2, -0.15) is 0 Å². The lowest BCUT2D eigenvalue weighted by molar-refractivity contribution is 0.0836. The van der Waals surface area contributed by atoms with Crippen LogP contribution in [0.25, 0.3) is 11.0 Å². The zero-order valence-corrected chi connectivity index (χ0v) is 12.8. The Morgan fingerprint density at radius 3 is 3.25 bits per heavy atom. The fourth-order valence-electron chi connectivity index (χ4n) is 2.62. The molecule has 20 heavy (non-hydrogen) atoms. The molecule has 0 bridgehead atoms. The quantitative estimate of drug-likeness (QED) is 0.909. The van der Waals surface area contributed by atoms with Gasteiger partial charge >= 0.3 is 0 Å². The van der Waals surface area contributed by atoms with Crippen LogP contribution in [0.2, 0.25) is 0 Å². The summed E-state index contributed by atoms with van der Waals surface area (Å²) in [6, 6.07) is 6.83. The Morgan fingerprint density at radius 1 is 1.50 bits per heavy atom. The zero-order chi connectivity index (χ0) is 13.9. The minimum absolute atomic E-state index is 0.422. The molecule has 1 fully saturated rings. The van der Waals surface area contributed by atoms with E-state index in [2.05, 4.69) is 47.3 Å². The first kappa shape index (κ1) is 13.9. The van der Waals surface area contributed by atoms with E-state index >= 15 is 0 Å². The molecule has 1 aliphatic heterocycles. The summed E-state index contributed by atoms with van der Waals surface area (Å²) < 4.78 is 5.62. The number of fused-ring (bicyclic) bond motifs is 1. The number of nitrogens with one attached hydrogen (secondary N) is 2. The van der Waals surface area contributed by atoms with Gasteiger partial charge in [-0.3, -0.25) is 0 Å². The average molecular weight is 291 g/mol. The van der Waals surface area contributed by atoms with Gasteiger partial charge in [-0.05, 0) is 37.6 Å². The molecule has 1 saturated heterocycles. The van der Waals surface area contributed by atoms with Gasteiger partial charge in [-0.15, -0.1) is 0 Å². The van der Waals surface area contributed by atoms with E-state index in [1.165, 1.54) is 5.56 Å². The van der Waals surface area contributed by atoms with Gasteiger partial charge in [0.25, 0.3) is 0 Å². The van der Waals surface area contributed by atoms with E-state index in [0.717, 1.165) is 42.4 Å². The second-order valence-electron chi connectivity index (χ2n) is 5.25. The lowest BCUT2D eigenvalue weighted by Crippen LogP contribution is -2.44.